The number of nitrogens with one attached hydrogen (secondary N) is 1. The molecule has 102 valence electrons. The van der Waals surface area contributed by atoms with Crippen LogP contribution in [-0.4, -0.2) is 12.5 Å². The topological polar surface area (TPSA) is 42.2 Å². The molecule has 0 saturated heterocycles. The second-order valence-corrected chi connectivity index (χ2v) is 5.76. The lowest BCUT2D eigenvalue weighted by Gasteiger charge is -2.24. The molecule has 0 aliphatic carbocycles. The summed E-state index contributed by atoms with van der Waals surface area (Å²) in [5.41, 5.74) is 0.516. The highest BCUT2D eigenvalue weighted by Crippen LogP contribution is 2.23. The number of rotatable bonds is 7. The lowest BCUT2D eigenvalue weighted by molar-refractivity contribution is 0.0933. The summed E-state index contributed by atoms with van der Waals surface area (Å²) < 4.78 is 4.90. The van der Waals surface area contributed by atoms with Crippen molar-refractivity contribution in [1.29, 1.82) is 0 Å². The lowest BCUT2D eigenvalue weighted by atomic mass is 9.87. The maximum atomic E-state index is 11.8. The molecule has 18 heavy (non-hydrogen) atoms. The van der Waals surface area contributed by atoms with Crippen LogP contribution in [-0.2, 0) is 0 Å². The minimum Gasteiger partial charge on any atom is -0.452 e. The van der Waals surface area contributed by atoms with E-state index in [1.807, 2.05) is 0 Å². The average molecular weight is 272 g/mol. The van der Waals surface area contributed by atoms with E-state index in [1.54, 1.807) is 6.07 Å². The van der Waals surface area contributed by atoms with Crippen LogP contribution in [0.25, 0.3) is 0 Å². The van der Waals surface area contributed by atoms with Gasteiger partial charge in [0.1, 0.15) is 0 Å². The highest BCUT2D eigenvalue weighted by Gasteiger charge is 2.20. The summed E-state index contributed by atoms with van der Waals surface area (Å²) in [6.45, 7) is 7.17. The predicted molar refractivity (Wildman–Crippen MR) is 74.0 cm³/mol. The Kier molecular flexibility index (Phi) is 5.73. The monoisotopic (exact) mass is 271 g/mol. The molecule has 4 heteroatoms. The smallest absolute Gasteiger partial charge is 0.256 e. The summed E-state index contributed by atoms with van der Waals surface area (Å²) >= 11 is 5.76. The number of unbranched alkanes of at least 4 members (excludes halogenated alkanes) is 2. The van der Waals surface area contributed by atoms with Gasteiger partial charge in [0.2, 0.25) is 5.22 Å². The van der Waals surface area contributed by atoms with Gasteiger partial charge in [-0.2, -0.15) is 0 Å². The number of furan rings is 1. The average Bonchev–Trinajstić information content (AvgIpc) is 2.73. The molecule has 0 unspecified atom stereocenters. The second kappa shape index (κ2) is 6.83. The first-order chi connectivity index (χ1) is 8.46. The lowest BCUT2D eigenvalue weighted by Crippen LogP contribution is -2.33. The molecule has 0 saturated carbocycles. The fourth-order valence-electron chi connectivity index (χ4n) is 1.81. The minimum absolute atomic E-state index is 0.112. The van der Waals surface area contributed by atoms with Crippen LogP contribution in [0, 0.1) is 5.41 Å². The standard InChI is InChI=1S/C14H22ClNO2/c1-4-5-6-8-14(2,3)10-16-13(17)11-7-9-18-12(11)15/h7,9H,4-6,8,10H2,1-3H3,(H,16,17). The van der Waals surface area contributed by atoms with E-state index in [-0.39, 0.29) is 16.5 Å². The van der Waals surface area contributed by atoms with Gasteiger partial charge in [0, 0.05) is 6.54 Å². The van der Waals surface area contributed by atoms with Crippen LogP contribution >= 0.6 is 11.6 Å². The molecule has 1 N–H and O–H groups in total. The van der Waals surface area contributed by atoms with Crippen molar-refractivity contribution >= 4 is 17.5 Å². The molecule has 0 aromatic carbocycles. The summed E-state index contributed by atoms with van der Waals surface area (Å²) in [4.78, 5) is 11.8. The molecule has 1 aromatic rings. The zero-order valence-electron chi connectivity index (χ0n) is 11.4. The van der Waals surface area contributed by atoms with E-state index >= 15 is 0 Å². The third-order valence-corrected chi connectivity index (χ3v) is 3.34. The van der Waals surface area contributed by atoms with E-state index in [9.17, 15) is 4.79 Å². The maximum absolute atomic E-state index is 11.8. The van der Waals surface area contributed by atoms with Crippen LogP contribution in [0.15, 0.2) is 16.7 Å². The van der Waals surface area contributed by atoms with Crippen molar-refractivity contribution in [3.63, 3.8) is 0 Å². The van der Waals surface area contributed by atoms with E-state index in [4.69, 9.17) is 16.0 Å². The SMILES string of the molecule is CCCCCC(C)(C)CNC(=O)c1ccoc1Cl. The van der Waals surface area contributed by atoms with Crippen LogP contribution in [0.1, 0.15) is 56.8 Å². The molecule has 1 aromatic heterocycles. The van der Waals surface area contributed by atoms with E-state index in [1.165, 1.54) is 25.5 Å². The number of amides is 1. The van der Waals surface area contributed by atoms with Gasteiger partial charge in [-0.3, -0.25) is 4.79 Å². The summed E-state index contributed by atoms with van der Waals surface area (Å²) in [6, 6.07) is 1.59. The molecule has 0 spiro atoms. The van der Waals surface area contributed by atoms with Gasteiger partial charge in [-0.15, -0.1) is 0 Å². The second-order valence-electron chi connectivity index (χ2n) is 5.41. The summed E-state index contributed by atoms with van der Waals surface area (Å²) in [5.74, 6) is -0.169. The highest BCUT2D eigenvalue weighted by atomic mass is 35.5. The molecule has 1 rings (SSSR count). The van der Waals surface area contributed by atoms with Gasteiger partial charge in [-0.05, 0) is 29.5 Å². The highest BCUT2D eigenvalue weighted by molar-refractivity contribution is 6.32. The van der Waals surface area contributed by atoms with E-state index in [2.05, 4.69) is 26.1 Å². The molecular weight excluding hydrogens is 250 g/mol. The van der Waals surface area contributed by atoms with Crippen molar-refractivity contribution in [3.05, 3.63) is 23.1 Å². The quantitative estimate of drug-likeness (QED) is 0.753. The fraction of sp³-hybridized carbons (Fsp3) is 0.643. The zero-order valence-corrected chi connectivity index (χ0v) is 12.1. The molecule has 1 heterocycles. The Morgan fingerprint density at radius 3 is 2.72 bits per heavy atom. The zero-order chi connectivity index (χ0) is 13.6. The number of hydrogen-bond donors (Lipinski definition) is 1. The molecular formula is C14H22ClNO2. The van der Waals surface area contributed by atoms with Crippen LogP contribution in [0.4, 0.5) is 0 Å². The molecule has 0 fully saturated rings. The first-order valence-corrected chi connectivity index (χ1v) is 6.85. The molecule has 0 radical (unpaired) electrons. The van der Waals surface area contributed by atoms with Gasteiger partial charge in [0.05, 0.1) is 11.8 Å². The summed E-state index contributed by atoms with van der Waals surface area (Å²) in [6.07, 6.45) is 6.19. The van der Waals surface area contributed by atoms with Crippen molar-refractivity contribution in [2.24, 2.45) is 5.41 Å². The largest absolute Gasteiger partial charge is 0.452 e. The van der Waals surface area contributed by atoms with Crippen LogP contribution in [0.3, 0.4) is 0 Å². The van der Waals surface area contributed by atoms with Gasteiger partial charge in [-0.25, -0.2) is 0 Å². The molecule has 0 aliphatic heterocycles. The fourth-order valence-corrected chi connectivity index (χ4v) is 2.01. The summed E-state index contributed by atoms with van der Waals surface area (Å²) in [5, 5.41) is 3.06. The Morgan fingerprint density at radius 2 is 2.17 bits per heavy atom. The van der Waals surface area contributed by atoms with E-state index in [0.717, 1.165) is 6.42 Å². The molecule has 0 aliphatic rings. The van der Waals surface area contributed by atoms with Gasteiger partial charge >= 0.3 is 0 Å². The van der Waals surface area contributed by atoms with Gasteiger partial charge in [-0.1, -0.05) is 40.0 Å². The van der Waals surface area contributed by atoms with Crippen LogP contribution < -0.4 is 5.32 Å². The van der Waals surface area contributed by atoms with E-state index < -0.39 is 0 Å². The maximum Gasteiger partial charge on any atom is 0.256 e. The minimum atomic E-state index is -0.169. The van der Waals surface area contributed by atoms with Gasteiger partial charge in [0.25, 0.3) is 5.91 Å². The Hall–Kier alpha value is -0.960. The van der Waals surface area contributed by atoms with E-state index in [0.29, 0.717) is 12.1 Å². The first kappa shape index (κ1) is 15.1. The number of carbonyl (C=O) groups is 1. The van der Waals surface area contributed by atoms with Crippen LogP contribution in [0.2, 0.25) is 5.22 Å². The molecule has 0 atom stereocenters. The van der Waals surface area contributed by atoms with Crippen molar-refractivity contribution in [3.8, 4) is 0 Å². The van der Waals surface area contributed by atoms with Crippen molar-refractivity contribution in [2.45, 2.75) is 46.5 Å². The van der Waals surface area contributed by atoms with Crippen molar-refractivity contribution in [2.75, 3.05) is 6.54 Å². The van der Waals surface area contributed by atoms with Crippen LogP contribution in [0.5, 0.6) is 0 Å². The molecule has 3 nitrogen and oxygen atoms in total. The molecule has 0 bridgehead atoms. The number of hydrogen-bond acceptors (Lipinski definition) is 2. The van der Waals surface area contributed by atoms with Gasteiger partial charge < -0.3 is 9.73 Å². The Balaban J connectivity index is 2.40. The number of carbonyl (C=O) groups excluding carboxylic acids is 1. The Labute approximate surface area is 114 Å². The third kappa shape index (κ3) is 4.73. The van der Waals surface area contributed by atoms with Crippen molar-refractivity contribution < 1.29 is 9.21 Å². The molecule has 1 amide bonds. The van der Waals surface area contributed by atoms with Gasteiger partial charge in [0.15, 0.2) is 0 Å². The first-order valence-electron chi connectivity index (χ1n) is 6.47. The number of halogens is 1. The third-order valence-electron chi connectivity index (χ3n) is 3.05. The van der Waals surface area contributed by atoms with Crippen molar-refractivity contribution in [1.82, 2.24) is 5.32 Å². The predicted octanol–water partition coefficient (Wildman–Crippen LogP) is 4.27. The Morgan fingerprint density at radius 1 is 1.44 bits per heavy atom. The Bertz CT molecular complexity index is 385. The summed E-state index contributed by atoms with van der Waals surface area (Å²) in [7, 11) is 0. The normalized spacial score (nSPS) is 11.6.